The SMILES string of the molecule is C#CCCCNCc1nc(C)no1. The molecule has 1 heterocycles. The molecule has 0 radical (unpaired) electrons. The van der Waals surface area contributed by atoms with E-state index < -0.39 is 0 Å². The maximum absolute atomic E-state index is 5.11. The minimum Gasteiger partial charge on any atom is -0.338 e. The highest BCUT2D eigenvalue weighted by molar-refractivity contribution is 4.84. The summed E-state index contributed by atoms with van der Waals surface area (Å²) >= 11 is 0. The van der Waals surface area contributed by atoms with Crippen molar-refractivity contribution in [3.63, 3.8) is 0 Å². The molecule has 0 aliphatic carbocycles. The smallest absolute Gasteiger partial charge is 0.240 e. The zero-order valence-corrected chi connectivity index (χ0v) is 7.71. The second-order valence-corrected chi connectivity index (χ2v) is 2.72. The Kier molecular flexibility index (Phi) is 4.00. The Balaban J connectivity index is 2.10. The standard InChI is InChI=1S/C9H13N3O/c1-3-4-5-6-10-7-9-11-8(2)12-13-9/h1,10H,4-7H2,2H3. The van der Waals surface area contributed by atoms with Crippen LogP contribution in [0.1, 0.15) is 24.6 Å². The molecular weight excluding hydrogens is 166 g/mol. The highest BCUT2D eigenvalue weighted by Gasteiger charge is 1.99. The summed E-state index contributed by atoms with van der Waals surface area (Å²) in [5, 5.41) is 6.83. The summed E-state index contributed by atoms with van der Waals surface area (Å²) in [6.07, 6.45) is 6.88. The third-order valence-corrected chi connectivity index (χ3v) is 1.52. The van der Waals surface area contributed by atoms with Crippen molar-refractivity contribution in [1.29, 1.82) is 0 Å². The van der Waals surface area contributed by atoms with Gasteiger partial charge >= 0.3 is 0 Å². The van der Waals surface area contributed by atoms with E-state index in [4.69, 9.17) is 10.9 Å². The first kappa shape index (κ1) is 9.75. The fourth-order valence-corrected chi connectivity index (χ4v) is 0.923. The Hall–Kier alpha value is -1.34. The third kappa shape index (κ3) is 3.72. The first-order chi connectivity index (χ1) is 6.33. The molecule has 0 bridgehead atoms. The highest BCUT2D eigenvalue weighted by atomic mass is 16.5. The molecule has 0 unspecified atom stereocenters. The van der Waals surface area contributed by atoms with Gasteiger partial charge in [-0.1, -0.05) is 5.16 Å². The maximum atomic E-state index is 5.11. The molecule has 0 spiro atoms. The first-order valence-electron chi connectivity index (χ1n) is 4.26. The van der Waals surface area contributed by atoms with Crippen LogP contribution in [0.3, 0.4) is 0 Å². The Morgan fingerprint density at radius 1 is 1.62 bits per heavy atom. The van der Waals surface area contributed by atoms with Gasteiger partial charge in [0.15, 0.2) is 5.82 Å². The average Bonchev–Trinajstić information content (AvgIpc) is 2.51. The van der Waals surface area contributed by atoms with Crippen LogP contribution in [0.2, 0.25) is 0 Å². The summed E-state index contributed by atoms with van der Waals surface area (Å²) < 4.78 is 4.91. The predicted octanol–water partition coefficient (Wildman–Crippen LogP) is 0.881. The molecule has 4 heteroatoms. The normalized spacial score (nSPS) is 9.85. The summed E-state index contributed by atoms with van der Waals surface area (Å²) in [5.41, 5.74) is 0. The van der Waals surface area contributed by atoms with Gasteiger partial charge in [-0.25, -0.2) is 0 Å². The van der Waals surface area contributed by atoms with Gasteiger partial charge in [0.05, 0.1) is 6.54 Å². The number of unbranched alkanes of at least 4 members (excludes halogenated alkanes) is 1. The van der Waals surface area contributed by atoms with Crippen molar-refractivity contribution in [2.24, 2.45) is 0 Å². The monoisotopic (exact) mass is 179 g/mol. The van der Waals surface area contributed by atoms with E-state index >= 15 is 0 Å². The molecule has 1 N–H and O–H groups in total. The topological polar surface area (TPSA) is 51.0 Å². The Morgan fingerprint density at radius 2 is 2.46 bits per heavy atom. The molecule has 0 amide bonds. The zero-order chi connectivity index (χ0) is 9.52. The fourth-order valence-electron chi connectivity index (χ4n) is 0.923. The van der Waals surface area contributed by atoms with Crippen molar-refractivity contribution < 1.29 is 4.52 Å². The number of hydrogen-bond donors (Lipinski definition) is 1. The maximum Gasteiger partial charge on any atom is 0.240 e. The summed E-state index contributed by atoms with van der Waals surface area (Å²) in [6.45, 7) is 3.29. The van der Waals surface area contributed by atoms with E-state index in [2.05, 4.69) is 21.4 Å². The lowest BCUT2D eigenvalue weighted by atomic mass is 10.3. The molecule has 4 nitrogen and oxygen atoms in total. The molecule has 0 saturated carbocycles. The molecule has 1 aromatic heterocycles. The van der Waals surface area contributed by atoms with Crippen LogP contribution in [0.15, 0.2) is 4.52 Å². The largest absolute Gasteiger partial charge is 0.338 e. The molecule has 1 aromatic rings. The van der Waals surface area contributed by atoms with Gasteiger partial charge in [-0.2, -0.15) is 4.98 Å². The second-order valence-electron chi connectivity index (χ2n) is 2.72. The van der Waals surface area contributed by atoms with E-state index in [0.29, 0.717) is 18.3 Å². The second kappa shape index (κ2) is 5.33. The molecule has 0 aromatic carbocycles. The number of aromatic nitrogens is 2. The quantitative estimate of drug-likeness (QED) is 0.538. The van der Waals surface area contributed by atoms with Crippen LogP contribution in [0.25, 0.3) is 0 Å². The van der Waals surface area contributed by atoms with Crippen molar-refractivity contribution in [1.82, 2.24) is 15.5 Å². The number of aryl methyl sites for hydroxylation is 1. The predicted molar refractivity (Wildman–Crippen MR) is 48.8 cm³/mol. The van der Waals surface area contributed by atoms with Crippen molar-refractivity contribution in [3.8, 4) is 12.3 Å². The van der Waals surface area contributed by atoms with Gasteiger partial charge in [0.1, 0.15) is 0 Å². The van der Waals surface area contributed by atoms with Crippen LogP contribution < -0.4 is 5.32 Å². The van der Waals surface area contributed by atoms with Crippen LogP contribution in [-0.4, -0.2) is 16.7 Å². The number of nitrogens with one attached hydrogen (secondary N) is 1. The van der Waals surface area contributed by atoms with Gasteiger partial charge in [-0.05, 0) is 19.9 Å². The van der Waals surface area contributed by atoms with E-state index in [9.17, 15) is 0 Å². The van der Waals surface area contributed by atoms with Gasteiger partial charge in [0, 0.05) is 6.42 Å². The molecule has 0 saturated heterocycles. The van der Waals surface area contributed by atoms with Gasteiger partial charge in [0.25, 0.3) is 0 Å². The lowest BCUT2D eigenvalue weighted by Crippen LogP contribution is -2.14. The summed E-state index contributed by atoms with van der Waals surface area (Å²) in [5.74, 6) is 3.87. The molecule has 1 rings (SSSR count). The number of rotatable bonds is 5. The van der Waals surface area contributed by atoms with Gasteiger partial charge in [-0.3, -0.25) is 0 Å². The van der Waals surface area contributed by atoms with E-state index in [0.717, 1.165) is 19.4 Å². The molecule has 0 aliphatic heterocycles. The molecular formula is C9H13N3O. The van der Waals surface area contributed by atoms with Crippen LogP contribution in [0.5, 0.6) is 0 Å². The zero-order valence-electron chi connectivity index (χ0n) is 7.71. The van der Waals surface area contributed by atoms with E-state index in [1.54, 1.807) is 6.92 Å². The van der Waals surface area contributed by atoms with Gasteiger partial charge in [-0.15, -0.1) is 12.3 Å². The van der Waals surface area contributed by atoms with E-state index in [-0.39, 0.29) is 0 Å². The summed E-state index contributed by atoms with van der Waals surface area (Å²) in [7, 11) is 0. The lowest BCUT2D eigenvalue weighted by molar-refractivity contribution is 0.364. The molecule has 0 atom stereocenters. The van der Waals surface area contributed by atoms with Gasteiger partial charge in [0.2, 0.25) is 5.89 Å². The van der Waals surface area contributed by atoms with E-state index in [1.165, 1.54) is 0 Å². The van der Waals surface area contributed by atoms with Crippen molar-refractivity contribution in [2.45, 2.75) is 26.3 Å². The Bertz CT molecular complexity index is 287. The summed E-state index contributed by atoms with van der Waals surface area (Å²) in [6, 6.07) is 0. The van der Waals surface area contributed by atoms with Crippen LogP contribution >= 0.6 is 0 Å². The van der Waals surface area contributed by atoms with Crippen LogP contribution in [-0.2, 0) is 6.54 Å². The number of nitrogens with zero attached hydrogens (tertiary/aromatic N) is 2. The van der Waals surface area contributed by atoms with E-state index in [1.807, 2.05) is 0 Å². The summed E-state index contributed by atoms with van der Waals surface area (Å²) in [4.78, 5) is 4.05. The van der Waals surface area contributed by atoms with Crippen molar-refractivity contribution >= 4 is 0 Å². The average molecular weight is 179 g/mol. The highest BCUT2D eigenvalue weighted by Crippen LogP contribution is 1.94. The van der Waals surface area contributed by atoms with Crippen molar-refractivity contribution in [3.05, 3.63) is 11.7 Å². The Morgan fingerprint density at radius 3 is 3.08 bits per heavy atom. The minimum absolute atomic E-state index is 0.616. The third-order valence-electron chi connectivity index (χ3n) is 1.52. The number of hydrogen-bond acceptors (Lipinski definition) is 4. The lowest BCUT2D eigenvalue weighted by Gasteiger charge is -1.97. The molecule has 0 fully saturated rings. The van der Waals surface area contributed by atoms with Gasteiger partial charge < -0.3 is 9.84 Å². The fraction of sp³-hybridized carbons (Fsp3) is 0.556. The first-order valence-corrected chi connectivity index (χ1v) is 4.26. The Labute approximate surface area is 77.7 Å². The number of terminal acetylenes is 1. The molecule has 0 aliphatic rings. The van der Waals surface area contributed by atoms with Crippen molar-refractivity contribution in [2.75, 3.05) is 6.54 Å². The minimum atomic E-state index is 0.616. The molecule has 13 heavy (non-hydrogen) atoms. The molecule has 70 valence electrons. The van der Waals surface area contributed by atoms with Crippen LogP contribution in [0, 0.1) is 19.3 Å². The van der Waals surface area contributed by atoms with Crippen LogP contribution in [0.4, 0.5) is 0 Å².